The van der Waals surface area contributed by atoms with Crippen LogP contribution in [-0.2, 0) is 9.84 Å². The van der Waals surface area contributed by atoms with E-state index >= 15 is 0 Å². The summed E-state index contributed by atoms with van der Waals surface area (Å²) in [6.07, 6.45) is 2.29. The summed E-state index contributed by atoms with van der Waals surface area (Å²) in [6, 6.07) is 8.00. The topological polar surface area (TPSA) is 46.2 Å². The predicted molar refractivity (Wildman–Crippen MR) is 87.2 cm³/mol. The summed E-state index contributed by atoms with van der Waals surface area (Å²) in [6.45, 7) is 4.69. The van der Waals surface area contributed by atoms with Gasteiger partial charge in [0.15, 0.2) is 9.84 Å². The molecule has 0 saturated carbocycles. The van der Waals surface area contributed by atoms with Gasteiger partial charge < -0.3 is 5.32 Å². The maximum atomic E-state index is 11.9. The van der Waals surface area contributed by atoms with E-state index in [1.807, 2.05) is 12.1 Å². The van der Waals surface area contributed by atoms with Crippen LogP contribution in [0, 0.1) is 0 Å². The zero-order valence-corrected chi connectivity index (χ0v) is 13.7. The van der Waals surface area contributed by atoms with Crippen molar-refractivity contribution in [3.05, 3.63) is 35.2 Å². The molecule has 0 bridgehead atoms. The largest absolute Gasteiger partial charge is 0.309 e. The van der Waals surface area contributed by atoms with Crippen LogP contribution < -0.4 is 5.32 Å². The van der Waals surface area contributed by atoms with Crippen molar-refractivity contribution in [2.75, 3.05) is 12.8 Å². The molecule has 1 aromatic heterocycles. The van der Waals surface area contributed by atoms with E-state index in [1.165, 1.54) is 11.0 Å². The quantitative estimate of drug-likeness (QED) is 0.889. The fourth-order valence-electron chi connectivity index (χ4n) is 2.31. The fraction of sp³-hybridized carbons (Fsp3) is 0.467. The Morgan fingerprint density at radius 1 is 1.30 bits per heavy atom. The van der Waals surface area contributed by atoms with Gasteiger partial charge in [0.1, 0.15) is 0 Å². The summed E-state index contributed by atoms with van der Waals surface area (Å²) in [5.74, 6) is 0. The molecule has 5 heteroatoms. The minimum atomic E-state index is -3.09. The van der Waals surface area contributed by atoms with Crippen LogP contribution in [0.15, 0.2) is 29.6 Å². The minimum Gasteiger partial charge on any atom is -0.309 e. The number of hydrogen-bond acceptors (Lipinski definition) is 4. The summed E-state index contributed by atoms with van der Waals surface area (Å²) in [5, 5.41) is 6.20. The third kappa shape index (κ3) is 3.22. The molecular weight excluding hydrogens is 290 g/mol. The SMILES string of the molecule is CCCNC(c1csc2ccccc12)C(C)S(C)(=O)=O. The summed E-state index contributed by atoms with van der Waals surface area (Å²) in [7, 11) is -3.09. The van der Waals surface area contributed by atoms with Crippen molar-refractivity contribution in [1.82, 2.24) is 5.32 Å². The van der Waals surface area contributed by atoms with E-state index < -0.39 is 15.1 Å². The summed E-state index contributed by atoms with van der Waals surface area (Å²) in [4.78, 5) is 0. The number of nitrogens with one attached hydrogen (secondary N) is 1. The number of thiophene rings is 1. The first-order valence-electron chi connectivity index (χ1n) is 6.83. The van der Waals surface area contributed by atoms with E-state index in [4.69, 9.17) is 0 Å². The summed E-state index contributed by atoms with van der Waals surface area (Å²) in [5.41, 5.74) is 1.09. The molecule has 2 rings (SSSR count). The van der Waals surface area contributed by atoms with Crippen LogP contribution in [0.1, 0.15) is 31.9 Å². The normalized spacial score (nSPS) is 15.3. The molecule has 1 heterocycles. The van der Waals surface area contributed by atoms with Crippen molar-refractivity contribution in [2.24, 2.45) is 0 Å². The Hall–Kier alpha value is -0.910. The number of benzene rings is 1. The number of rotatable bonds is 6. The minimum absolute atomic E-state index is 0.152. The second kappa shape index (κ2) is 6.24. The molecule has 110 valence electrons. The zero-order chi connectivity index (χ0) is 14.8. The highest BCUT2D eigenvalue weighted by molar-refractivity contribution is 7.91. The Bertz CT molecular complexity index is 676. The molecule has 0 amide bonds. The molecular formula is C15H21NO2S2. The Labute approximate surface area is 124 Å². The number of sulfone groups is 1. The molecule has 0 fully saturated rings. The van der Waals surface area contributed by atoms with E-state index in [0.29, 0.717) is 0 Å². The van der Waals surface area contributed by atoms with Gasteiger partial charge in [-0.05, 0) is 42.3 Å². The third-order valence-corrected chi connectivity index (χ3v) is 6.21. The Morgan fingerprint density at radius 2 is 2.00 bits per heavy atom. The van der Waals surface area contributed by atoms with E-state index in [2.05, 4.69) is 29.8 Å². The summed E-state index contributed by atoms with van der Waals surface area (Å²) < 4.78 is 25.1. The van der Waals surface area contributed by atoms with Crippen molar-refractivity contribution >= 4 is 31.3 Å². The van der Waals surface area contributed by atoms with Gasteiger partial charge in [-0.3, -0.25) is 0 Å². The van der Waals surface area contributed by atoms with Crippen molar-refractivity contribution in [3.8, 4) is 0 Å². The van der Waals surface area contributed by atoms with Crippen LogP contribution >= 0.6 is 11.3 Å². The number of fused-ring (bicyclic) bond motifs is 1. The van der Waals surface area contributed by atoms with Crippen LogP contribution in [0.3, 0.4) is 0 Å². The van der Waals surface area contributed by atoms with Gasteiger partial charge >= 0.3 is 0 Å². The third-order valence-electron chi connectivity index (χ3n) is 3.60. The molecule has 0 aliphatic carbocycles. The van der Waals surface area contributed by atoms with Crippen LogP contribution in [0.5, 0.6) is 0 Å². The average Bonchev–Trinajstić information content (AvgIpc) is 2.82. The zero-order valence-electron chi connectivity index (χ0n) is 12.1. The predicted octanol–water partition coefficient (Wildman–Crippen LogP) is 3.38. The van der Waals surface area contributed by atoms with Crippen LogP contribution in [0.25, 0.3) is 10.1 Å². The van der Waals surface area contributed by atoms with Crippen molar-refractivity contribution in [3.63, 3.8) is 0 Å². The molecule has 2 unspecified atom stereocenters. The van der Waals surface area contributed by atoms with Crippen LogP contribution in [-0.4, -0.2) is 26.5 Å². The molecule has 20 heavy (non-hydrogen) atoms. The van der Waals surface area contributed by atoms with E-state index in [0.717, 1.165) is 23.9 Å². The highest BCUT2D eigenvalue weighted by atomic mass is 32.2. The Balaban J connectivity index is 2.45. The van der Waals surface area contributed by atoms with E-state index in [9.17, 15) is 8.42 Å². The molecule has 1 N–H and O–H groups in total. The first-order chi connectivity index (χ1) is 9.45. The van der Waals surface area contributed by atoms with Crippen molar-refractivity contribution in [1.29, 1.82) is 0 Å². The second-order valence-corrected chi connectivity index (χ2v) is 8.47. The average molecular weight is 311 g/mol. The summed E-state index contributed by atoms with van der Waals surface area (Å²) >= 11 is 1.67. The highest BCUT2D eigenvalue weighted by Gasteiger charge is 2.28. The van der Waals surface area contributed by atoms with Gasteiger partial charge in [0.25, 0.3) is 0 Å². The first-order valence-corrected chi connectivity index (χ1v) is 9.67. The van der Waals surface area contributed by atoms with Gasteiger partial charge in [-0.1, -0.05) is 25.1 Å². The van der Waals surface area contributed by atoms with Gasteiger partial charge in [-0.15, -0.1) is 11.3 Å². The van der Waals surface area contributed by atoms with E-state index in [-0.39, 0.29) is 6.04 Å². The van der Waals surface area contributed by atoms with Gasteiger partial charge in [0, 0.05) is 11.0 Å². The molecule has 2 aromatic rings. The highest BCUT2D eigenvalue weighted by Crippen LogP contribution is 2.33. The fourth-order valence-corrected chi connectivity index (χ4v) is 4.05. The lowest BCUT2D eigenvalue weighted by molar-refractivity contribution is 0.503. The van der Waals surface area contributed by atoms with Gasteiger partial charge in [0.2, 0.25) is 0 Å². The molecule has 0 spiro atoms. The number of hydrogen-bond donors (Lipinski definition) is 1. The molecule has 0 radical (unpaired) electrons. The Morgan fingerprint density at radius 3 is 2.65 bits per heavy atom. The monoisotopic (exact) mass is 311 g/mol. The molecule has 2 atom stereocenters. The van der Waals surface area contributed by atoms with Gasteiger partial charge in [-0.25, -0.2) is 8.42 Å². The standard InChI is InChI=1S/C15H21NO2S2/c1-4-9-16-15(11(2)20(3,17)18)13-10-19-14-8-6-5-7-12(13)14/h5-8,10-11,15-16H,4,9H2,1-3H3. The smallest absolute Gasteiger partial charge is 0.151 e. The van der Waals surface area contributed by atoms with Crippen molar-refractivity contribution < 1.29 is 8.42 Å². The van der Waals surface area contributed by atoms with Gasteiger partial charge in [-0.2, -0.15) is 0 Å². The molecule has 0 aliphatic rings. The molecule has 3 nitrogen and oxygen atoms in total. The maximum absolute atomic E-state index is 11.9. The first kappa shape index (κ1) is 15.5. The lowest BCUT2D eigenvalue weighted by atomic mass is 10.0. The molecule has 1 aromatic carbocycles. The lowest BCUT2D eigenvalue weighted by Gasteiger charge is -2.24. The van der Waals surface area contributed by atoms with Crippen LogP contribution in [0.4, 0.5) is 0 Å². The lowest BCUT2D eigenvalue weighted by Crippen LogP contribution is -2.35. The Kier molecular flexibility index (Phi) is 4.83. The van der Waals surface area contributed by atoms with E-state index in [1.54, 1.807) is 18.3 Å². The van der Waals surface area contributed by atoms with Gasteiger partial charge in [0.05, 0.1) is 11.3 Å². The van der Waals surface area contributed by atoms with Crippen LogP contribution in [0.2, 0.25) is 0 Å². The van der Waals surface area contributed by atoms with Crippen molar-refractivity contribution in [2.45, 2.75) is 31.6 Å². The molecule has 0 aliphatic heterocycles. The maximum Gasteiger partial charge on any atom is 0.151 e. The second-order valence-electron chi connectivity index (χ2n) is 5.15. The molecule has 0 saturated heterocycles.